The number of benzene rings is 2. The van der Waals surface area contributed by atoms with Crippen molar-refractivity contribution in [3.63, 3.8) is 0 Å². The number of nitrogens with zero attached hydrogens (tertiary/aromatic N) is 1. The fraction of sp³-hybridized carbons (Fsp3) is 0.448. The maximum Gasteiger partial charge on any atom is 0.295 e. The highest BCUT2D eigenvalue weighted by Gasteiger charge is 2.46. The Bertz CT molecular complexity index is 1200. The largest absolute Gasteiger partial charge is 0.507 e. The van der Waals surface area contributed by atoms with Crippen LogP contribution in [-0.2, 0) is 20.7 Å². The summed E-state index contributed by atoms with van der Waals surface area (Å²) in [6.07, 6.45) is 1.64. The van der Waals surface area contributed by atoms with E-state index in [-0.39, 0.29) is 30.6 Å². The standard InChI is InChI=1S/C29H35NO7/c1-17(2)10-12-36-23-9-6-19(16-24(23)35-5)26-25(28(32)29(33)30(26)11-13-34-4)27(31)20-7-8-22-21(15-20)14-18(3)37-22/h6-9,15-18,26,31H,10-14H2,1-5H3/b27-25-. The van der Waals surface area contributed by atoms with Gasteiger partial charge in [0.25, 0.3) is 11.7 Å². The number of ketones is 1. The Morgan fingerprint density at radius 3 is 2.59 bits per heavy atom. The monoisotopic (exact) mass is 509 g/mol. The molecule has 2 aromatic carbocycles. The zero-order chi connectivity index (χ0) is 26.7. The van der Waals surface area contributed by atoms with E-state index < -0.39 is 17.7 Å². The van der Waals surface area contributed by atoms with Gasteiger partial charge in [0.1, 0.15) is 17.6 Å². The van der Waals surface area contributed by atoms with Gasteiger partial charge in [0.15, 0.2) is 11.5 Å². The van der Waals surface area contributed by atoms with Gasteiger partial charge in [0.05, 0.1) is 31.9 Å². The van der Waals surface area contributed by atoms with Crippen LogP contribution >= 0.6 is 0 Å². The van der Waals surface area contributed by atoms with Gasteiger partial charge in [-0.15, -0.1) is 0 Å². The number of Topliss-reactive ketones (excluding diaryl/α,β-unsaturated/α-hetero) is 1. The van der Waals surface area contributed by atoms with E-state index in [0.29, 0.717) is 41.6 Å². The molecule has 1 saturated heterocycles. The van der Waals surface area contributed by atoms with Crippen LogP contribution in [0, 0.1) is 5.92 Å². The lowest BCUT2D eigenvalue weighted by Gasteiger charge is -2.25. The molecule has 0 aromatic heterocycles. The van der Waals surface area contributed by atoms with Crippen LogP contribution in [0.4, 0.5) is 0 Å². The SMILES string of the molecule is COCCN1C(=O)C(=O)/C(=C(\O)c2ccc3c(c2)CC(C)O3)C1c1ccc(OCCC(C)C)c(OC)c1. The number of carbonyl (C=O) groups is 2. The van der Waals surface area contributed by atoms with Gasteiger partial charge in [0, 0.05) is 25.6 Å². The van der Waals surface area contributed by atoms with Crippen molar-refractivity contribution in [2.75, 3.05) is 34.0 Å². The molecule has 198 valence electrons. The van der Waals surface area contributed by atoms with E-state index >= 15 is 0 Å². The first kappa shape index (κ1) is 26.5. The van der Waals surface area contributed by atoms with E-state index in [1.165, 1.54) is 12.0 Å². The first-order valence-corrected chi connectivity index (χ1v) is 12.6. The normalized spacial score (nSPS) is 20.3. The second-order valence-corrected chi connectivity index (χ2v) is 9.88. The van der Waals surface area contributed by atoms with Crippen LogP contribution in [0.2, 0.25) is 0 Å². The molecule has 0 radical (unpaired) electrons. The summed E-state index contributed by atoms with van der Waals surface area (Å²) in [5.41, 5.74) is 2.07. The zero-order valence-corrected chi connectivity index (χ0v) is 22.1. The van der Waals surface area contributed by atoms with E-state index in [0.717, 1.165) is 17.7 Å². The molecule has 2 aromatic rings. The number of carbonyl (C=O) groups excluding carboxylic acids is 2. The number of hydrogen-bond acceptors (Lipinski definition) is 7. The minimum absolute atomic E-state index is 0.0311. The number of rotatable bonds is 10. The van der Waals surface area contributed by atoms with Gasteiger partial charge in [-0.1, -0.05) is 19.9 Å². The van der Waals surface area contributed by atoms with Gasteiger partial charge in [0.2, 0.25) is 0 Å². The van der Waals surface area contributed by atoms with Crippen molar-refractivity contribution in [1.29, 1.82) is 0 Å². The molecule has 2 unspecified atom stereocenters. The van der Waals surface area contributed by atoms with E-state index in [1.807, 2.05) is 13.0 Å². The van der Waals surface area contributed by atoms with Crippen molar-refractivity contribution in [2.24, 2.45) is 5.92 Å². The molecule has 1 fully saturated rings. The quantitative estimate of drug-likeness (QED) is 0.286. The van der Waals surface area contributed by atoms with Gasteiger partial charge < -0.3 is 29.0 Å². The minimum atomic E-state index is -0.808. The number of likely N-dealkylation sites (tertiary alicyclic amines) is 1. The van der Waals surface area contributed by atoms with Crippen molar-refractivity contribution < 1.29 is 33.6 Å². The summed E-state index contributed by atoms with van der Waals surface area (Å²) in [6, 6.07) is 9.84. The Labute approximate surface area is 217 Å². The van der Waals surface area contributed by atoms with Crippen LogP contribution in [-0.4, -0.2) is 61.8 Å². The summed E-state index contributed by atoms with van der Waals surface area (Å²) in [6.45, 7) is 7.20. The Hall–Kier alpha value is -3.52. The van der Waals surface area contributed by atoms with Crippen LogP contribution in [0.3, 0.4) is 0 Å². The minimum Gasteiger partial charge on any atom is -0.507 e. The third-order valence-electron chi connectivity index (χ3n) is 6.70. The van der Waals surface area contributed by atoms with E-state index in [9.17, 15) is 14.7 Å². The molecule has 2 aliphatic heterocycles. The zero-order valence-electron chi connectivity index (χ0n) is 22.1. The number of aliphatic hydroxyl groups excluding tert-OH is 1. The molecule has 0 aliphatic carbocycles. The fourth-order valence-electron chi connectivity index (χ4n) is 4.75. The van der Waals surface area contributed by atoms with Crippen molar-refractivity contribution in [1.82, 2.24) is 4.90 Å². The van der Waals surface area contributed by atoms with Gasteiger partial charge in [-0.3, -0.25) is 9.59 Å². The Morgan fingerprint density at radius 1 is 1.11 bits per heavy atom. The summed E-state index contributed by atoms with van der Waals surface area (Å²) in [4.78, 5) is 27.8. The smallest absolute Gasteiger partial charge is 0.295 e. The van der Waals surface area contributed by atoms with Gasteiger partial charge in [-0.25, -0.2) is 0 Å². The lowest BCUT2D eigenvalue weighted by atomic mass is 9.94. The molecule has 0 spiro atoms. The number of fused-ring (bicyclic) bond motifs is 1. The topological polar surface area (TPSA) is 94.5 Å². The highest BCUT2D eigenvalue weighted by molar-refractivity contribution is 6.46. The summed E-state index contributed by atoms with van der Waals surface area (Å²) < 4.78 is 22.5. The third kappa shape index (κ3) is 5.44. The number of methoxy groups -OCH3 is 2. The predicted molar refractivity (Wildman–Crippen MR) is 139 cm³/mol. The van der Waals surface area contributed by atoms with Crippen LogP contribution < -0.4 is 14.2 Å². The maximum atomic E-state index is 13.3. The lowest BCUT2D eigenvalue weighted by molar-refractivity contribution is -0.140. The molecule has 2 aliphatic rings. The molecular weight excluding hydrogens is 474 g/mol. The van der Waals surface area contributed by atoms with Crippen molar-refractivity contribution in [3.8, 4) is 17.2 Å². The number of hydrogen-bond donors (Lipinski definition) is 1. The number of ether oxygens (including phenoxy) is 4. The molecule has 8 nitrogen and oxygen atoms in total. The van der Waals surface area contributed by atoms with E-state index in [1.54, 1.807) is 37.4 Å². The van der Waals surface area contributed by atoms with Gasteiger partial charge >= 0.3 is 0 Å². The highest BCUT2D eigenvalue weighted by atomic mass is 16.5. The van der Waals surface area contributed by atoms with E-state index in [2.05, 4.69) is 13.8 Å². The van der Waals surface area contributed by atoms with Crippen LogP contribution in [0.1, 0.15) is 49.9 Å². The van der Waals surface area contributed by atoms with Gasteiger partial charge in [-0.2, -0.15) is 0 Å². The molecule has 0 saturated carbocycles. The molecule has 37 heavy (non-hydrogen) atoms. The number of amides is 1. The second-order valence-electron chi connectivity index (χ2n) is 9.88. The molecule has 2 atom stereocenters. The molecule has 4 rings (SSSR count). The van der Waals surface area contributed by atoms with Crippen molar-refractivity contribution >= 4 is 17.4 Å². The molecule has 0 bridgehead atoms. The second kappa shape index (κ2) is 11.3. The molecular formula is C29H35NO7. The molecule has 2 heterocycles. The van der Waals surface area contributed by atoms with Crippen molar-refractivity contribution in [3.05, 3.63) is 58.7 Å². The first-order valence-electron chi connectivity index (χ1n) is 12.6. The van der Waals surface area contributed by atoms with Gasteiger partial charge in [-0.05, 0) is 60.7 Å². The lowest BCUT2D eigenvalue weighted by Crippen LogP contribution is -2.32. The maximum absolute atomic E-state index is 13.3. The summed E-state index contributed by atoms with van der Waals surface area (Å²) in [5, 5.41) is 11.4. The Balaban J connectivity index is 1.76. The predicted octanol–water partition coefficient (Wildman–Crippen LogP) is 4.51. The Kier molecular flexibility index (Phi) is 8.07. The average Bonchev–Trinajstić information content (AvgIpc) is 3.37. The molecule has 8 heteroatoms. The van der Waals surface area contributed by atoms with Crippen LogP contribution in [0.5, 0.6) is 17.2 Å². The Morgan fingerprint density at radius 2 is 1.89 bits per heavy atom. The molecule has 1 amide bonds. The average molecular weight is 510 g/mol. The fourth-order valence-corrected chi connectivity index (χ4v) is 4.75. The summed E-state index contributed by atoms with van der Waals surface area (Å²) in [5.74, 6) is 0.689. The van der Waals surface area contributed by atoms with Crippen LogP contribution in [0.25, 0.3) is 5.76 Å². The first-order chi connectivity index (χ1) is 17.7. The van der Waals surface area contributed by atoms with Crippen molar-refractivity contribution in [2.45, 2.75) is 45.8 Å². The summed E-state index contributed by atoms with van der Waals surface area (Å²) in [7, 11) is 3.08. The molecule has 1 N–H and O–H groups in total. The van der Waals surface area contributed by atoms with E-state index in [4.69, 9.17) is 18.9 Å². The highest BCUT2D eigenvalue weighted by Crippen LogP contribution is 2.42. The summed E-state index contributed by atoms with van der Waals surface area (Å²) >= 11 is 0. The number of aliphatic hydroxyl groups is 1. The third-order valence-corrected chi connectivity index (χ3v) is 6.70. The van der Waals surface area contributed by atoms with Crippen LogP contribution in [0.15, 0.2) is 42.0 Å².